The highest BCUT2D eigenvalue weighted by Crippen LogP contribution is 2.18. The number of hydrogen-bond acceptors (Lipinski definition) is 5. The molecule has 0 radical (unpaired) electrons. The van der Waals surface area contributed by atoms with Crippen LogP contribution in [-0.4, -0.2) is 33.4 Å². The van der Waals surface area contributed by atoms with E-state index in [1.165, 1.54) is 37.4 Å². The van der Waals surface area contributed by atoms with Crippen molar-refractivity contribution in [1.82, 2.24) is 4.72 Å². The van der Waals surface area contributed by atoms with Gasteiger partial charge in [-0.15, -0.1) is 0 Å². The second-order valence-corrected chi connectivity index (χ2v) is 7.66. The van der Waals surface area contributed by atoms with Crippen molar-refractivity contribution in [2.75, 3.05) is 12.4 Å². The molecule has 0 aliphatic carbocycles. The third-order valence-corrected chi connectivity index (χ3v) is 5.58. The van der Waals surface area contributed by atoms with E-state index in [0.29, 0.717) is 12.1 Å². The monoisotopic (exact) mass is 390 g/mol. The van der Waals surface area contributed by atoms with Gasteiger partial charge in [0.1, 0.15) is 0 Å². The molecule has 2 rings (SSSR count). The number of carbonyl (C=O) groups is 2. The van der Waals surface area contributed by atoms with Gasteiger partial charge in [0.15, 0.2) is 0 Å². The van der Waals surface area contributed by atoms with Crippen molar-refractivity contribution in [2.24, 2.45) is 0 Å². The Kier molecular flexibility index (Phi) is 6.70. The van der Waals surface area contributed by atoms with E-state index in [0.717, 1.165) is 0 Å². The topological polar surface area (TPSA) is 102 Å². The molecule has 7 nitrogen and oxygen atoms in total. The van der Waals surface area contributed by atoms with E-state index in [9.17, 15) is 18.0 Å². The number of anilines is 1. The smallest absolute Gasteiger partial charge is 0.339 e. The molecule has 0 aliphatic heterocycles. The van der Waals surface area contributed by atoms with Gasteiger partial charge < -0.3 is 10.1 Å². The summed E-state index contributed by atoms with van der Waals surface area (Å²) in [5.41, 5.74) is 0.798. The number of nitrogens with one attached hydrogen (secondary N) is 2. The molecule has 0 saturated heterocycles. The lowest BCUT2D eigenvalue weighted by atomic mass is 10.1. The Morgan fingerprint density at radius 2 is 1.70 bits per heavy atom. The van der Waals surface area contributed by atoms with Gasteiger partial charge in [0.05, 0.1) is 23.3 Å². The predicted molar refractivity (Wildman–Crippen MR) is 102 cm³/mol. The highest BCUT2D eigenvalue weighted by molar-refractivity contribution is 7.89. The Morgan fingerprint density at radius 3 is 2.30 bits per heavy atom. The fourth-order valence-electron chi connectivity index (χ4n) is 2.28. The maximum absolute atomic E-state index is 12.4. The van der Waals surface area contributed by atoms with Crippen molar-refractivity contribution in [2.45, 2.75) is 31.2 Å². The molecule has 1 atom stereocenters. The molecule has 0 heterocycles. The van der Waals surface area contributed by atoms with E-state index in [1.54, 1.807) is 25.1 Å². The number of benzene rings is 2. The Hall–Kier alpha value is -2.71. The fraction of sp³-hybridized carbons (Fsp3) is 0.263. The summed E-state index contributed by atoms with van der Waals surface area (Å²) in [6.07, 6.45) is 0.666. The number of esters is 1. The van der Waals surface area contributed by atoms with Crippen molar-refractivity contribution < 1.29 is 22.7 Å². The molecule has 27 heavy (non-hydrogen) atoms. The molecule has 1 unspecified atom stereocenters. The summed E-state index contributed by atoms with van der Waals surface area (Å²) in [4.78, 5) is 24.3. The number of ether oxygens (including phenoxy) is 1. The number of rotatable bonds is 7. The summed E-state index contributed by atoms with van der Waals surface area (Å²) in [5, 5.41) is 2.64. The number of carbonyl (C=O) groups excluding carboxylic acids is 2. The summed E-state index contributed by atoms with van der Waals surface area (Å²) in [6, 6.07) is 11.8. The minimum Gasteiger partial charge on any atom is -0.465 e. The minimum atomic E-state index is -3.64. The first kappa shape index (κ1) is 20.6. The van der Waals surface area contributed by atoms with Gasteiger partial charge in [-0.3, -0.25) is 4.79 Å². The molecule has 1 amide bonds. The van der Waals surface area contributed by atoms with Gasteiger partial charge >= 0.3 is 5.97 Å². The van der Waals surface area contributed by atoms with Crippen molar-refractivity contribution >= 4 is 27.6 Å². The van der Waals surface area contributed by atoms with Gasteiger partial charge in [-0.25, -0.2) is 17.9 Å². The molecule has 0 spiro atoms. The van der Waals surface area contributed by atoms with Gasteiger partial charge in [0.25, 0.3) is 5.91 Å². The molecule has 144 valence electrons. The van der Waals surface area contributed by atoms with Gasteiger partial charge in [0.2, 0.25) is 10.0 Å². The zero-order valence-corrected chi connectivity index (χ0v) is 16.2. The molecule has 0 aromatic heterocycles. The maximum atomic E-state index is 12.4. The van der Waals surface area contributed by atoms with Gasteiger partial charge in [0, 0.05) is 11.6 Å². The van der Waals surface area contributed by atoms with Crippen molar-refractivity contribution in [3.63, 3.8) is 0 Å². The van der Waals surface area contributed by atoms with Crippen LogP contribution in [0, 0.1) is 0 Å². The molecular weight excluding hydrogens is 368 g/mol. The molecule has 2 aromatic rings. The number of methoxy groups -OCH3 is 1. The van der Waals surface area contributed by atoms with Crippen LogP contribution in [0.25, 0.3) is 0 Å². The molecule has 0 aliphatic rings. The number of sulfonamides is 1. The molecule has 8 heteroatoms. The third-order valence-electron chi connectivity index (χ3n) is 3.98. The highest BCUT2D eigenvalue weighted by atomic mass is 32.2. The summed E-state index contributed by atoms with van der Waals surface area (Å²) < 4.78 is 31.8. The molecule has 2 aromatic carbocycles. The van der Waals surface area contributed by atoms with Crippen molar-refractivity contribution in [1.29, 1.82) is 0 Å². The zero-order valence-electron chi connectivity index (χ0n) is 15.4. The van der Waals surface area contributed by atoms with Crippen LogP contribution in [0.1, 0.15) is 41.0 Å². The fourth-order valence-corrected chi connectivity index (χ4v) is 3.60. The summed E-state index contributed by atoms with van der Waals surface area (Å²) in [7, 11) is -2.38. The molecular formula is C19H22N2O5S. The standard InChI is InChI=1S/C19H22N2O5S/c1-4-13(2)21-27(24,25)15-11-9-14(10-12-15)18(22)20-17-8-6-5-7-16(17)19(23)26-3/h5-13,21H,4H2,1-3H3,(H,20,22). The van der Waals surface area contributed by atoms with Gasteiger partial charge in [-0.05, 0) is 49.7 Å². The quantitative estimate of drug-likeness (QED) is 0.708. The lowest BCUT2D eigenvalue weighted by molar-refractivity contribution is 0.0602. The second-order valence-electron chi connectivity index (χ2n) is 5.95. The molecule has 2 N–H and O–H groups in total. The van der Waals surface area contributed by atoms with Crippen LogP contribution in [0.3, 0.4) is 0 Å². The van der Waals surface area contributed by atoms with E-state index in [4.69, 9.17) is 4.74 Å². The second kappa shape index (κ2) is 8.79. The molecule has 0 bridgehead atoms. The maximum Gasteiger partial charge on any atom is 0.339 e. The lowest BCUT2D eigenvalue weighted by Crippen LogP contribution is -2.32. The number of amides is 1. The first-order chi connectivity index (χ1) is 12.8. The van der Waals surface area contributed by atoms with Crippen LogP contribution in [0.2, 0.25) is 0 Å². The minimum absolute atomic E-state index is 0.0781. The summed E-state index contributed by atoms with van der Waals surface area (Å²) in [6.45, 7) is 3.66. The largest absolute Gasteiger partial charge is 0.465 e. The van der Waals surface area contributed by atoms with E-state index in [1.807, 2.05) is 6.92 Å². The molecule has 0 saturated carbocycles. The van der Waals surface area contributed by atoms with Crippen molar-refractivity contribution in [3.8, 4) is 0 Å². The van der Waals surface area contributed by atoms with Crippen LogP contribution in [0.5, 0.6) is 0 Å². The Labute approximate surface area is 158 Å². The van der Waals surface area contributed by atoms with E-state index in [-0.39, 0.29) is 22.1 Å². The van der Waals surface area contributed by atoms with Crippen LogP contribution >= 0.6 is 0 Å². The third kappa shape index (κ3) is 5.15. The van der Waals surface area contributed by atoms with E-state index < -0.39 is 21.9 Å². The van der Waals surface area contributed by atoms with Crippen molar-refractivity contribution in [3.05, 3.63) is 59.7 Å². The normalized spacial score (nSPS) is 12.3. The van der Waals surface area contributed by atoms with Crippen LogP contribution in [0.15, 0.2) is 53.4 Å². The Morgan fingerprint density at radius 1 is 1.07 bits per heavy atom. The first-order valence-electron chi connectivity index (χ1n) is 8.39. The predicted octanol–water partition coefficient (Wildman–Crippen LogP) is 2.80. The van der Waals surface area contributed by atoms with Crippen LogP contribution in [0.4, 0.5) is 5.69 Å². The summed E-state index contributed by atoms with van der Waals surface area (Å²) in [5.74, 6) is -1.03. The average Bonchev–Trinajstić information content (AvgIpc) is 2.67. The summed E-state index contributed by atoms with van der Waals surface area (Å²) >= 11 is 0. The average molecular weight is 390 g/mol. The Bertz CT molecular complexity index is 923. The first-order valence-corrected chi connectivity index (χ1v) is 9.88. The van der Waals surface area contributed by atoms with E-state index >= 15 is 0 Å². The van der Waals surface area contributed by atoms with Crippen LogP contribution < -0.4 is 10.0 Å². The number of para-hydroxylation sites is 1. The lowest BCUT2D eigenvalue weighted by Gasteiger charge is -2.13. The van der Waals surface area contributed by atoms with E-state index in [2.05, 4.69) is 10.0 Å². The molecule has 0 fully saturated rings. The van der Waals surface area contributed by atoms with Gasteiger partial charge in [-0.1, -0.05) is 19.1 Å². The number of hydrogen-bond donors (Lipinski definition) is 2. The van der Waals surface area contributed by atoms with Crippen LogP contribution in [-0.2, 0) is 14.8 Å². The highest BCUT2D eigenvalue weighted by Gasteiger charge is 2.18. The Balaban J connectivity index is 2.19. The van der Waals surface area contributed by atoms with Gasteiger partial charge in [-0.2, -0.15) is 0 Å². The zero-order chi connectivity index (χ0) is 20.0. The SMILES string of the molecule is CCC(C)NS(=O)(=O)c1ccc(C(=O)Nc2ccccc2C(=O)OC)cc1.